The van der Waals surface area contributed by atoms with Crippen LogP contribution in [0.2, 0.25) is 0 Å². The van der Waals surface area contributed by atoms with E-state index in [1.165, 1.54) is 23.9 Å². The number of phosphoric acid groups is 1. The Morgan fingerprint density at radius 1 is 1.15 bits per heavy atom. The Morgan fingerprint density at radius 2 is 1.85 bits per heavy atom. The fraction of sp³-hybridized carbons (Fsp3) is 0.273. The number of aromatic nitrogens is 1. The molecule has 12 heteroatoms. The van der Waals surface area contributed by atoms with E-state index in [9.17, 15) is 28.3 Å². The standard InChI is InChI=1S/C22H23FNO9P/c1-3-10-31-18-9-8-17(23)20-21(18)24(13-32-19(25)12-33-34(27,28)29)11-16(22(20)26)14-4-6-15(30-2)7-5-14/h4-9,11H,3,10,12-13H2,1-2H3,(H2,27,28,29)/p-2. The SMILES string of the molecule is CCCOc1ccc(F)c2c(=O)c(-c3ccc(OC)cc3)cn(COC(=O)COP(=O)([O-])[O-])c12. The molecule has 1 aromatic heterocycles. The molecule has 0 unspecified atom stereocenters. The van der Waals surface area contributed by atoms with Crippen molar-refractivity contribution < 1.29 is 42.3 Å². The number of phosphoric ester groups is 1. The third kappa shape index (κ3) is 6.00. The van der Waals surface area contributed by atoms with Crippen LogP contribution in [0, 0.1) is 5.82 Å². The second-order valence-corrected chi connectivity index (χ2v) is 8.21. The summed E-state index contributed by atoms with van der Waals surface area (Å²) in [4.78, 5) is 46.3. The zero-order valence-electron chi connectivity index (χ0n) is 18.3. The number of hydrogen-bond acceptors (Lipinski definition) is 9. The predicted octanol–water partition coefficient (Wildman–Crippen LogP) is 1.95. The molecule has 0 atom stereocenters. The summed E-state index contributed by atoms with van der Waals surface area (Å²) in [5.74, 6) is -1.22. The molecule has 0 saturated carbocycles. The van der Waals surface area contributed by atoms with Crippen molar-refractivity contribution in [3.63, 3.8) is 0 Å². The van der Waals surface area contributed by atoms with Gasteiger partial charge in [0.1, 0.15) is 29.4 Å². The molecule has 0 spiro atoms. The Hall–Kier alpha value is -3.24. The van der Waals surface area contributed by atoms with Crippen LogP contribution >= 0.6 is 7.82 Å². The largest absolute Gasteiger partial charge is 0.790 e. The van der Waals surface area contributed by atoms with E-state index in [-0.39, 0.29) is 28.8 Å². The number of benzene rings is 2. The van der Waals surface area contributed by atoms with Gasteiger partial charge in [-0.25, -0.2) is 9.18 Å². The lowest BCUT2D eigenvalue weighted by Crippen LogP contribution is -2.22. The highest BCUT2D eigenvalue weighted by atomic mass is 31.2. The van der Waals surface area contributed by atoms with E-state index in [0.29, 0.717) is 17.7 Å². The quantitative estimate of drug-likeness (QED) is 0.306. The van der Waals surface area contributed by atoms with E-state index in [1.807, 2.05) is 6.92 Å². The maximum Gasteiger partial charge on any atom is 0.334 e. The van der Waals surface area contributed by atoms with E-state index in [0.717, 1.165) is 6.07 Å². The number of methoxy groups -OCH3 is 1. The van der Waals surface area contributed by atoms with Crippen LogP contribution in [0.3, 0.4) is 0 Å². The van der Waals surface area contributed by atoms with Gasteiger partial charge in [0.2, 0.25) is 0 Å². The van der Waals surface area contributed by atoms with E-state index in [2.05, 4.69) is 4.52 Å². The van der Waals surface area contributed by atoms with Gasteiger partial charge in [-0.05, 0) is 36.2 Å². The maximum atomic E-state index is 14.9. The average molecular weight is 493 g/mol. The first-order valence-electron chi connectivity index (χ1n) is 10.1. The van der Waals surface area contributed by atoms with Gasteiger partial charge in [-0.15, -0.1) is 0 Å². The molecule has 1 heterocycles. The molecule has 3 aromatic rings. The maximum absolute atomic E-state index is 14.9. The van der Waals surface area contributed by atoms with Crippen molar-refractivity contribution in [1.82, 2.24) is 4.57 Å². The van der Waals surface area contributed by atoms with Crippen LogP contribution in [0.1, 0.15) is 13.3 Å². The van der Waals surface area contributed by atoms with Gasteiger partial charge in [0.15, 0.2) is 12.2 Å². The highest BCUT2D eigenvalue weighted by molar-refractivity contribution is 7.43. The van der Waals surface area contributed by atoms with Gasteiger partial charge in [-0.3, -0.25) is 4.79 Å². The molecule has 0 N–H and O–H groups in total. The molecule has 0 radical (unpaired) electrons. The van der Waals surface area contributed by atoms with Crippen LogP contribution in [0.25, 0.3) is 22.0 Å². The number of halogens is 1. The number of carbonyl (C=O) groups is 1. The zero-order valence-corrected chi connectivity index (χ0v) is 19.2. The number of carbonyl (C=O) groups excluding carboxylic acids is 1. The normalized spacial score (nSPS) is 11.4. The first-order valence-corrected chi connectivity index (χ1v) is 11.6. The monoisotopic (exact) mass is 493 g/mol. The number of rotatable bonds is 10. The second-order valence-electron chi connectivity index (χ2n) is 7.05. The molecule has 0 fully saturated rings. The predicted molar refractivity (Wildman–Crippen MR) is 116 cm³/mol. The summed E-state index contributed by atoms with van der Waals surface area (Å²) in [6.07, 6.45) is 2.01. The molecule has 3 rings (SSSR count). The third-order valence-electron chi connectivity index (χ3n) is 4.70. The number of nitrogens with zero attached hydrogens (tertiary/aromatic N) is 1. The molecular formula is C22H21FNO9P-2. The summed E-state index contributed by atoms with van der Waals surface area (Å²) in [6.45, 7) is 0.482. The lowest BCUT2D eigenvalue weighted by molar-refractivity contribution is -0.341. The molecule has 0 aliphatic carbocycles. The molecule has 0 aliphatic rings. The summed E-state index contributed by atoms with van der Waals surface area (Å²) >= 11 is 0. The van der Waals surface area contributed by atoms with Crippen molar-refractivity contribution in [3.8, 4) is 22.6 Å². The van der Waals surface area contributed by atoms with Gasteiger partial charge in [0, 0.05) is 11.8 Å². The minimum atomic E-state index is -5.37. The molecule has 0 saturated heterocycles. The molecule has 0 bridgehead atoms. The van der Waals surface area contributed by atoms with Crippen LogP contribution in [-0.4, -0.2) is 30.9 Å². The highest BCUT2D eigenvalue weighted by Gasteiger charge is 2.19. The van der Waals surface area contributed by atoms with Crippen LogP contribution in [0.4, 0.5) is 4.39 Å². The van der Waals surface area contributed by atoms with Crippen LogP contribution < -0.4 is 24.7 Å². The number of ether oxygens (including phenoxy) is 3. The van der Waals surface area contributed by atoms with Crippen molar-refractivity contribution in [3.05, 3.63) is 58.6 Å². The topological polar surface area (TPSA) is 139 Å². The fourth-order valence-corrected chi connectivity index (χ4v) is 3.45. The molecular weight excluding hydrogens is 472 g/mol. The van der Waals surface area contributed by atoms with Crippen molar-refractivity contribution in [2.75, 3.05) is 20.3 Å². The lowest BCUT2D eigenvalue weighted by Gasteiger charge is -2.27. The van der Waals surface area contributed by atoms with Crippen LogP contribution in [0.15, 0.2) is 47.4 Å². The summed E-state index contributed by atoms with van der Waals surface area (Å²) in [6, 6.07) is 8.94. The number of esters is 1. The summed E-state index contributed by atoms with van der Waals surface area (Å²) in [5.41, 5.74) is -0.00132. The van der Waals surface area contributed by atoms with Gasteiger partial charge in [-0.2, -0.15) is 0 Å². The molecule has 2 aromatic carbocycles. The number of pyridine rings is 1. The molecule has 34 heavy (non-hydrogen) atoms. The van der Waals surface area contributed by atoms with E-state index >= 15 is 0 Å². The molecule has 182 valence electrons. The molecule has 0 aliphatic heterocycles. The zero-order chi connectivity index (χ0) is 24.9. The summed E-state index contributed by atoms with van der Waals surface area (Å²) < 4.78 is 46.4. The van der Waals surface area contributed by atoms with Gasteiger partial charge < -0.3 is 37.7 Å². The first-order chi connectivity index (χ1) is 16.1. The Balaban J connectivity index is 2.11. The fourth-order valence-electron chi connectivity index (χ4n) is 3.18. The molecule has 0 amide bonds. The lowest BCUT2D eigenvalue weighted by atomic mass is 10.0. The second kappa shape index (κ2) is 10.8. The van der Waals surface area contributed by atoms with Crippen molar-refractivity contribution in [1.29, 1.82) is 0 Å². The number of hydrogen-bond donors (Lipinski definition) is 0. The van der Waals surface area contributed by atoms with Crippen molar-refractivity contribution in [2.45, 2.75) is 20.1 Å². The van der Waals surface area contributed by atoms with E-state index in [4.69, 9.17) is 14.2 Å². The smallest absolute Gasteiger partial charge is 0.334 e. The minimum absolute atomic E-state index is 0.0442. The number of fused-ring (bicyclic) bond motifs is 1. The molecule has 10 nitrogen and oxygen atoms in total. The first kappa shape index (κ1) is 25.4. The Bertz CT molecular complexity index is 1280. The van der Waals surface area contributed by atoms with E-state index in [1.54, 1.807) is 24.3 Å². The summed E-state index contributed by atoms with van der Waals surface area (Å²) in [7, 11) is -3.88. The third-order valence-corrected chi connectivity index (χ3v) is 5.15. The van der Waals surface area contributed by atoms with Gasteiger partial charge in [-0.1, -0.05) is 19.1 Å². The van der Waals surface area contributed by atoms with Gasteiger partial charge in [0.25, 0.3) is 0 Å². The van der Waals surface area contributed by atoms with Crippen molar-refractivity contribution in [2.24, 2.45) is 0 Å². The Labute approximate surface area is 193 Å². The minimum Gasteiger partial charge on any atom is -0.790 e. The van der Waals surface area contributed by atoms with Crippen LogP contribution in [0.5, 0.6) is 11.5 Å². The summed E-state index contributed by atoms with van der Waals surface area (Å²) in [5, 5.41) is -0.280. The van der Waals surface area contributed by atoms with Gasteiger partial charge in [0.05, 0.1) is 26.9 Å². The van der Waals surface area contributed by atoms with Gasteiger partial charge >= 0.3 is 5.97 Å². The highest BCUT2D eigenvalue weighted by Crippen LogP contribution is 2.30. The van der Waals surface area contributed by atoms with E-state index < -0.39 is 38.4 Å². The average Bonchev–Trinajstić information content (AvgIpc) is 2.81. The Morgan fingerprint density at radius 3 is 2.47 bits per heavy atom. The van der Waals surface area contributed by atoms with Crippen LogP contribution in [-0.2, 0) is 25.4 Å². The Kier molecular flexibility index (Phi) is 8.06. The van der Waals surface area contributed by atoms with Crippen molar-refractivity contribution >= 4 is 24.7 Å².